The van der Waals surface area contributed by atoms with Crippen molar-refractivity contribution < 1.29 is 13.2 Å². The van der Waals surface area contributed by atoms with Gasteiger partial charge >= 0.3 is 0 Å². The van der Waals surface area contributed by atoms with Crippen LogP contribution in [0.3, 0.4) is 0 Å². The largest absolute Gasteiger partial charge is 0.301 e. The van der Waals surface area contributed by atoms with Crippen molar-refractivity contribution in [3.63, 3.8) is 0 Å². The van der Waals surface area contributed by atoms with Gasteiger partial charge in [-0.05, 0) is 18.4 Å². The molecule has 0 unspecified atom stereocenters. The van der Waals surface area contributed by atoms with E-state index >= 15 is 0 Å². The van der Waals surface area contributed by atoms with Crippen LogP contribution in [0.1, 0.15) is 5.56 Å². The van der Waals surface area contributed by atoms with Gasteiger partial charge < -0.3 is 5.32 Å². The summed E-state index contributed by atoms with van der Waals surface area (Å²) in [6.45, 7) is 1.73. The number of anilines is 1. The molecule has 136 valence electrons. The second-order valence-electron chi connectivity index (χ2n) is 5.65. The number of amides is 1. The van der Waals surface area contributed by atoms with Gasteiger partial charge in [0.25, 0.3) is 10.0 Å². The van der Waals surface area contributed by atoms with Crippen molar-refractivity contribution in [2.45, 2.75) is 11.1 Å². The highest BCUT2D eigenvalue weighted by Gasteiger charge is 2.24. The third-order valence-electron chi connectivity index (χ3n) is 3.62. The lowest BCUT2D eigenvalue weighted by Crippen LogP contribution is -2.34. The lowest BCUT2D eigenvalue weighted by atomic mass is 10.1. The predicted octanol–water partition coefficient (Wildman–Crippen LogP) is 3.44. The molecule has 0 saturated carbocycles. The number of rotatable bonds is 6. The quantitative estimate of drug-likeness (QED) is 0.679. The number of nitrogens with zero attached hydrogens (tertiary/aromatic N) is 2. The van der Waals surface area contributed by atoms with Gasteiger partial charge in [0.15, 0.2) is 5.13 Å². The smallest absolute Gasteiger partial charge is 0.252 e. The van der Waals surface area contributed by atoms with E-state index in [1.54, 1.807) is 11.4 Å². The molecule has 0 fully saturated rings. The zero-order valence-corrected chi connectivity index (χ0v) is 16.6. The average molecular weight is 408 g/mol. The first-order chi connectivity index (χ1) is 12.4. The van der Waals surface area contributed by atoms with E-state index in [0.29, 0.717) is 5.13 Å². The van der Waals surface area contributed by atoms with Crippen LogP contribution in [0.15, 0.2) is 51.4 Å². The van der Waals surface area contributed by atoms with E-state index in [1.165, 1.54) is 24.5 Å². The number of sulfonamides is 1. The number of carbonyl (C=O) groups is 1. The summed E-state index contributed by atoms with van der Waals surface area (Å²) in [6, 6.07) is 11.1. The van der Waals surface area contributed by atoms with Crippen molar-refractivity contribution in [1.29, 1.82) is 0 Å². The summed E-state index contributed by atoms with van der Waals surface area (Å²) in [7, 11) is -2.27. The number of aryl methyl sites for hydroxylation is 1. The van der Waals surface area contributed by atoms with Gasteiger partial charge in [-0.2, -0.15) is 4.31 Å². The maximum absolute atomic E-state index is 12.3. The molecule has 6 nitrogen and oxygen atoms in total. The van der Waals surface area contributed by atoms with Gasteiger partial charge in [-0.15, -0.1) is 22.7 Å². The number of nitrogens with one attached hydrogen (secondary N) is 1. The number of likely N-dealkylation sites (N-methyl/N-ethyl adjacent to an activating group) is 1. The first-order valence-electron chi connectivity index (χ1n) is 7.68. The molecule has 0 spiro atoms. The van der Waals surface area contributed by atoms with Gasteiger partial charge in [-0.25, -0.2) is 13.4 Å². The van der Waals surface area contributed by atoms with Gasteiger partial charge in [0.2, 0.25) is 5.91 Å². The number of thiazole rings is 1. The molecular formula is C17H17N3O3S3. The highest BCUT2D eigenvalue weighted by molar-refractivity contribution is 7.91. The average Bonchev–Trinajstić information content (AvgIpc) is 3.27. The van der Waals surface area contributed by atoms with E-state index in [0.717, 1.165) is 32.5 Å². The van der Waals surface area contributed by atoms with Crippen LogP contribution in [0.2, 0.25) is 0 Å². The Morgan fingerprint density at radius 1 is 1.19 bits per heavy atom. The van der Waals surface area contributed by atoms with E-state index in [9.17, 15) is 13.2 Å². The Bertz CT molecular complexity index is 994. The third-order valence-corrected chi connectivity index (χ3v) is 7.56. The van der Waals surface area contributed by atoms with Crippen molar-refractivity contribution in [3.8, 4) is 11.3 Å². The fourth-order valence-corrected chi connectivity index (χ4v) is 5.26. The van der Waals surface area contributed by atoms with Crippen molar-refractivity contribution in [2.75, 3.05) is 18.9 Å². The molecule has 26 heavy (non-hydrogen) atoms. The summed E-state index contributed by atoms with van der Waals surface area (Å²) >= 11 is 2.42. The molecule has 0 radical (unpaired) electrons. The molecule has 0 atom stereocenters. The minimum absolute atomic E-state index is 0.212. The highest BCUT2D eigenvalue weighted by Crippen LogP contribution is 2.25. The number of thiophene rings is 1. The molecule has 9 heteroatoms. The number of hydrogen-bond acceptors (Lipinski definition) is 6. The zero-order valence-electron chi connectivity index (χ0n) is 14.2. The van der Waals surface area contributed by atoms with Crippen LogP contribution in [0, 0.1) is 6.92 Å². The maximum atomic E-state index is 12.3. The summed E-state index contributed by atoms with van der Waals surface area (Å²) in [6.07, 6.45) is 0. The van der Waals surface area contributed by atoms with Crippen LogP contribution >= 0.6 is 22.7 Å². The highest BCUT2D eigenvalue weighted by atomic mass is 32.2. The zero-order chi connectivity index (χ0) is 18.7. The first kappa shape index (κ1) is 18.7. The molecule has 0 aliphatic carbocycles. The lowest BCUT2D eigenvalue weighted by Gasteiger charge is -2.14. The van der Waals surface area contributed by atoms with Gasteiger partial charge in [0.05, 0.1) is 12.2 Å². The third kappa shape index (κ3) is 4.18. The topological polar surface area (TPSA) is 79.4 Å². The minimum atomic E-state index is -3.65. The summed E-state index contributed by atoms with van der Waals surface area (Å²) in [4.78, 5) is 16.6. The summed E-state index contributed by atoms with van der Waals surface area (Å²) in [5.74, 6) is -0.433. The van der Waals surface area contributed by atoms with Crippen molar-refractivity contribution in [2.24, 2.45) is 0 Å². The van der Waals surface area contributed by atoms with Crippen LogP contribution in [-0.4, -0.2) is 37.2 Å². The van der Waals surface area contributed by atoms with E-state index in [2.05, 4.69) is 10.3 Å². The van der Waals surface area contributed by atoms with E-state index < -0.39 is 15.9 Å². The summed E-state index contributed by atoms with van der Waals surface area (Å²) in [5, 5.41) is 6.63. The number of hydrogen-bond donors (Lipinski definition) is 1. The molecule has 2 aromatic heterocycles. The van der Waals surface area contributed by atoms with Crippen LogP contribution < -0.4 is 5.32 Å². The van der Waals surface area contributed by atoms with Gasteiger partial charge in [-0.3, -0.25) is 4.79 Å². The summed E-state index contributed by atoms with van der Waals surface area (Å²) < 4.78 is 25.9. The monoisotopic (exact) mass is 407 g/mol. The number of aromatic nitrogens is 1. The molecule has 3 rings (SSSR count). The van der Waals surface area contributed by atoms with E-state index in [1.807, 2.05) is 36.6 Å². The molecule has 3 aromatic rings. The SMILES string of the molecule is Cc1ccc(-c2csc(NC(=O)CN(C)S(=O)(=O)c3cccs3)n2)cc1. The van der Waals surface area contributed by atoms with Gasteiger partial charge in [-0.1, -0.05) is 35.9 Å². The first-order valence-corrected chi connectivity index (χ1v) is 10.9. The second kappa shape index (κ2) is 7.67. The van der Waals surface area contributed by atoms with Crippen LogP contribution in [-0.2, 0) is 14.8 Å². The van der Waals surface area contributed by atoms with Crippen LogP contribution in [0.4, 0.5) is 5.13 Å². The van der Waals surface area contributed by atoms with Crippen molar-refractivity contribution >= 4 is 43.7 Å². The standard InChI is InChI=1S/C17H17N3O3S3/c1-12-5-7-13(8-6-12)14-11-25-17(18-14)19-15(21)10-20(2)26(22,23)16-4-3-9-24-16/h3-9,11H,10H2,1-2H3,(H,18,19,21). The van der Waals surface area contributed by atoms with Crippen LogP contribution in [0.5, 0.6) is 0 Å². The molecule has 0 saturated heterocycles. The number of benzene rings is 1. The fourth-order valence-electron chi connectivity index (χ4n) is 2.20. The van der Waals surface area contributed by atoms with Crippen molar-refractivity contribution in [1.82, 2.24) is 9.29 Å². The van der Waals surface area contributed by atoms with Gasteiger partial charge in [0.1, 0.15) is 4.21 Å². The molecule has 1 aromatic carbocycles. The maximum Gasteiger partial charge on any atom is 0.252 e. The number of carbonyl (C=O) groups excluding carboxylic acids is 1. The molecule has 0 aliphatic rings. The van der Waals surface area contributed by atoms with E-state index in [4.69, 9.17) is 0 Å². The van der Waals surface area contributed by atoms with Crippen LogP contribution in [0.25, 0.3) is 11.3 Å². The molecular weight excluding hydrogens is 390 g/mol. The van der Waals surface area contributed by atoms with Gasteiger partial charge in [0, 0.05) is 18.0 Å². The molecule has 1 amide bonds. The Kier molecular flexibility index (Phi) is 5.52. The lowest BCUT2D eigenvalue weighted by molar-refractivity contribution is -0.116. The molecule has 2 heterocycles. The Morgan fingerprint density at radius 3 is 2.58 bits per heavy atom. The normalized spacial score (nSPS) is 11.7. The molecule has 0 bridgehead atoms. The Morgan fingerprint density at radius 2 is 1.92 bits per heavy atom. The second-order valence-corrected chi connectivity index (χ2v) is 9.72. The van der Waals surface area contributed by atoms with Crippen molar-refractivity contribution in [3.05, 3.63) is 52.7 Å². The predicted molar refractivity (Wildman–Crippen MR) is 105 cm³/mol. The Hall–Kier alpha value is -2.07. The Labute approximate surface area is 160 Å². The minimum Gasteiger partial charge on any atom is -0.301 e. The molecule has 1 N–H and O–H groups in total. The fraction of sp³-hybridized carbons (Fsp3) is 0.176. The summed E-state index contributed by atoms with van der Waals surface area (Å²) in [5.41, 5.74) is 2.89. The molecule has 0 aliphatic heterocycles. The Balaban J connectivity index is 1.64. The van der Waals surface area contributed by atoms with E-state index in [-0.39, 0.29) is 10.8 Å².